The molecule has 3 heteroatoms. The highest BCUT2D eigenvalue weighted by Gasteiger charge is 2.26. The van der Waals surface area contributed by atoms with Crippen molar-refractivity contribution in [2.75, 3.05) is 19.6 Å². The molecule has 1 aliphatic rings. The number of β-amino-alcohol motifs (C(OH)–C–C–N with tert-alkyl or cyclic N) is 1. The highest BCUT2D eigenvalue weighted by Crippen LogP contribution is 2.21. The Morgan fingerprint density at radius 2 is 1.95 bits per heavy atom. The molecule has 1 atom stereocenters. The van der Waals surface area contributed by atoms with Crippen LogP contribution in [0.4, 0.5) is 0 Å². The molecule has 1 aromatic rings. The van der Waals surface area contributed by atoms with Gasteiger partial charge in [-0.1, -0.05) is 37.3 Å². The van der Waals surface area contributed by atoms with Crippen molar-refractivity contribution in [3.63, 3.8) is 0 Å². The van der Waals surface area contributed by atoms with E-state index in [0.29, 0.717) is 0 Å². The average molecular weight is 261 g/mol. The maximum Gasteiger partial charge on any atom is 0.166 e. The molecule has 0 amide bonds. The predicted molar refractivity (Wildman–Crippen MR) is 76.2 cm³/mol. The molecule has 0 bridgehead atoms. The first-order valence-corrected chi connectivity index (χ1v) is 7.20. The van der Waals surface area contributed by atoms with Crippen LogP contribution in [0.5, 0.6) is 0 Å². The fraction of sp³-hybridized carbons (Fsp3) is 0.562. The standard InChI is InChI=1S/C16H23NO2/c1-2-15(18)12-17-10-8-14(9-11-17)16(19)13-6-4-3-5-7-13/h3-7,14-15,18H,2,8-12H2,1H3/t15-/m1/s1. The number of aliphatic hydroxyl groups excluding tert-OH is 1. The number of rotatable bonds is 5. The maximum absolute atomic E-state index is 12.3. The van der Waals surface area contributed by atoms with Gasteiger partial charge in [-0.2, -0.15) is 0 Å². The molecule has 0 unspecified atom stereocenters. The van der Waals surface area contributed by atoms with Crippen molar-refractivity contribution >= 4 is 5.78 Å². The maximum atomic E-state index is 12.3. The van der Waals surface area contributed by atoms with Crippen LogP contribution in [0, 0.1) is 5.92 Å². The van der Waals surface area contributed by atoms with Crippen molar-refractivity contribution in [3.05, 3.63) is 35.9 Å². The van der Waals surface area contributed by atoms with Gasteiger partial charge in [0.2, 0.25) is 0 Å². The number of hydrogen-bond donors (Lipinski definition) is 1. The number of aliphatic hydroxyl groups is 1. The zero-order valence-electron chi connectivity index (χ0n) is 11.6. The molecule has 1 aromatic carbocycles. The monoisotopic (exact) mass is 261 g/mol. The first-order chi connectivity index (χ1) is 9.20. The van der Waals surface area contributed by atoms with Gasteiger partial charge in [0.05, 0.1) is 6.10 Å². The number of hydrogen-bond acceptors (Lipinski definition) is 3. The lowest BCUT2D eigenvalue weighted by Crippen LogP contribution is -2.40. The Bertz CT molecular complexity index is 396. The van der Waals surface area contributed by atoms with Gasteiger partial charge in [0.25, 0.3) is 0 Å². The molecule has 0 aliphatic carbocycles. The summed E-state index contributed by atoms with van der Waals surface area (Å²) < 4.78 is 0. The van der Waals surface area contributed by atoms with E-state index >= 15 is 0 Å². The van der Waals surface area contributed by atoms with E-state index in [1.54, 1.807) is 0 Å². The van der Waals surface area contributed by atoms with Crippen LogP contribution < -0.4 is 0 Å². The lowest BCUT2D eigenvalue weighted by molar-refractivity contribution is 0.0719. The SMILES string of the molecule is CC[C@@H](O)CN1CCC(C(=O)c2ccccc2)CC1. The van der Waals surface area contributed by atoms with Crippen molar-refractivity contribution < 1.29 is 9.90 Å². The van der Waals surface area contributed by atoms with Gasteiger partial charge < -0.3 is 10.0 Å². The zero-order chi connectivity index (χ0) is 13.7. The molecule has 0 radical (unpaired) electrons. The van der Waals surface area contributed by atoms with E-state index in [0.717, 1.165) is 44.5 Å². The number of carbonyl (C=O) groups excluding carboxylic acids is 1. The van der Waals surface area contributed by atoms with E-state index in [2.05, 4.69) is 4.90 Å². The molecule has 1 aliphatic heterocycles. The number of piperidine rings is 1. The van der Waals surface area contributed by atoms with Gasteiger partial charge in [0, 0.05) is 18.0 Å². The summed E-state index contributed by atoms with van der Waals surface area (Å²) in [6.07, 6.45) is 2.37. The molecule has 2 rings (SSSR count). The van der Waals surface area contributed by atoms with Gasteiger partial charge in [-0.15, -0.1) is 0 Å². The molecule has 0 spiro atoms. The summed E-state index contributed by atoms with van der Waals surface area (Å²) in [5, 5.41) is 9.65. The molecule has 1 N–H and O–H groups in total. The number of nitrogens with zero attached hydrogens (tertiary/aromatic N) is 1. The summed E-state index contributed by atoms with van der Waals surface area (Å²) in [6, 6.07) is 9.57. The predicted octanol–water partition coefficient (Wildman–Crippen LogP) is 2.35. The Morgan fingerprint density at radius 1 is 1.32 bits per heavy atom. The molecule has 0 saturated carbocycles. The van der Waals surface area contributed by atoms with E-state index in [-0.39, 0.29) is 17.8 Å². The van der Waals surface area contributed by atoms with Crippen LogP contribution in [0.3, 0.4) is 0 Å². The van der Waals surface area contributed by atoms with Gasteiger partial charge in [-0.05, 0) is 32.4 Å². The van der Waals surface area contributed by atoms with Crippen molar-refractivity contribution in [2.45, 2.75) is 32.3 Å². The third-order valence-corrected chi connectivity index (χ3v) is 3.96. The lowest BCUT2D eigenvalue weighted by Gasteiger charge is -2.32. The Balaban J connectivity index is 1.85. The van der Waals surface area contributed by atoms with Crippen molar-refractivity contribution in [2.24, 2.45) is 5.92 Å². The summed E-state index contributed by atoms with van der Waals surface area (Å²) in [5.41, 5.74) is 0.828. The molecule has 104 valence electrons. The molecule has 1 heterocycles. The Labute approximate surface area is 115 Å². The minimum atomic E-state index is -0.235. The fourth-order valence-electron chi connectivity index (χ4n) is 2.64. The molecule has 1 fully saturated rings. The van der Waals surface area contributed by atoms with Crippen LogP contribution in [0.2, 0.25) is 0 Å². The van der Waals surface area contributed by atoms with Gasteiger partial charge in [0.1, 0.15) is 0 Å². The van der Waals surface area contributed by atoms with Crippen LogP contribution in [0.1, 0.15) is 36.5 Å². The van der Waals surface area contributed by atoms with E-state index < -0.39 is 0 Å². The Morgan fingerprint density at radius 3 is 2.53 bits per heavy atom. The minimum absolute atomic E-state index is 0.150. The Hall–Kier alpha value is -1.19. The van der Waals surface area contributed by atoms with E-state index in [9.17, 15) is 9.90 Å². The molecular weight excluding hydrogens is 238 g/mol. The van der Waals surface area contributed by atoms with E-state index in [4.69, 9.17) is 0 Å². The summed E-state index contributed by atoms with van der Waals surface area (Å²) in [7, 11) is 0. The number of Topliss-reactive ketones (excluding diaryl/α,β-unsaturated/α-hetero) is 1. The summed E-state index contributed by atoms with van der Waals surface area (Å²) in [6.45, 7) is 4.57. The van der Waals surface area contributed by atoms with Crippen molar-refractivity contribution in [1.82, 2.24) is 4.90 Å². The van der Waals surface area contributed by atoms with Gasteiger partial charge >= 0.3 is 0 Å². The second kappa shape index (κ2) is 6.83. The highest BCUT2D eigenvalue weighted by molar-refractivity contribution is 5.97. The first kappa shape index (κ1) is 14.2. The normalized spacial score (nSPS) is 19.3. The van der Waals surface area contributed by atoms with Crippen LogP contribution in [0.15, 0.2) is 30.3 Å². The first-order valence-electron chi connectivity index (χ1n) is 7.20. The topological polar surface area (TPSA) is 40.5 Å². The fourth-order valence-corrected chi connectivity index (χ4v) is 2.64. The molecule has 19 heavy (non-hydrogen) atoms. The number of benzene rings is 1. The van der Waals surface area contributed by atoms with Crippen LogP contribution in [-0.2, 0) is 0 Å². The average Bonchev–Trinajstić information content (AvgIpc) is 2.48. The number of ketones is 1. The van der Waals surface area contributed by atoms with Crippen LogP contribution >= 0.6 is 0 Å². The van der Waals surface area contributed by atoms with Crippen molar-refractivity contribution in [1.29, 1.82) is 0 Å². The summed E-state index contributed by atoms with van der Waals surface area (Å²) in [4.78, 5) is 14.6. The molecule has 1 saturated heterocycles. The van der Waals surface area contributed by atoms with E-state index in [1.807, 2.05) is 37.3 Å². The highest BCUT2D eigenvalue weighted by atomic mass is 16.3. The van der Waals surface area contributed by atoms with E-state index in [1.165, 1.54) is 0 Å². The molecular formula is C16H23NO2. The summed E-state index contributed by atoms with van der Waals surface area (Å²) in [5.74, 6) is 0.425. The molecule has 3 nitrogen and oxygen atoms in total. The van der Waals surface area contributed by atoms with Crippen LogP contribution in [0.25, 0.3) is 0 Å². The second-order valence-electron chi connectivity index (χ2n) is 5.37. The van der Waals surface area contributed by atoms with Gasteiger partial charge in [-0.25, -0.2) is 0 Å². The zero-order valence-corrected chi connectivity index (χ0v) is 11.6. The largest absolute Gasteiger partial charge is 0.392 e. The second-order valence-corrected chi connectivity index (χ2v) is 5.37. The van der Waals surface area contributed by atoms with Gasteiger partial charge in [-0.3, -0.25) is 4.79 Å². The lowest BCUT2D eigenvalue weighted by atomic mass is 9.89. The minimum Gasteiger partial charge on any atom is -0.392 e. The molecule has 0 aromatic heterocycles. The van der Waals surface area contributed by atoms with Crippen LogP contribution in [-0.4, -0.2) is 41.5 Å². The quantitative estimate of drug-likeness (QED) is 0.827. The number of carbonyl (C=O) groups is 1. The van der Waals surface area contributed by atoms with Gasteiger partial charge in [0.15, 0.2) is 5.78 Å². The number of likely N-dealkylation sites (tertiary alicyclic amines) is 1. The van der Waals surface area contributed by atoms with Crippen molar-refractivity contribution in [3.8, 4) is 0 Å². The third-order valence-electron chi connectivity index (χ3n) is 3.96. The smallest absolute Gasteiger partial charge is 0.166 e. The Kier molecular flexibility index (Phi) is 5.11. The third kappa shape index (κ3) is 3.88. The summed E-state index contributed by atoms with van der Waals surface area (Å²) >= 11 is 0.